The maximum atomic E-state index is 13.1. The van der Waals surface area contributed by atoms with E-state index in [0.29, 0.717) is 6.54 Å². The number of amides is 1. The molecule has 2 aromatic carbocycles. The number of hydrogen-bond donors (Lipinski definition) is 0. The highest BCUT2D eigenvalue weighted by molar-refractivity contribution is 5.79. The smallest absolute Gasteiger partial charge is 0.237 e. The fraction of sp³-hybridized carbons (Fsp3) is 0.350. The number of likely N-dealkylation sites (tertiary alicyclic amines) is 1. The van der Waals surface area contributed by atoms with E-state index in [2.05, 4.69) is 12.1 Å². The van der Waals surface area contributed by atoms with Crippen LogP contribution in [0, 0.1) is 5.82 Å². The van der Waals surface area contributed by atoms with Crippen LogP contribution in [-0.2, 0) is 11.3 Å². The number of nitrogens with zero attached hydrogens (tertiary/aromatic N) is 2. The molecular formula is C20H23FN2O. The molecule has 1 amide bonds. The summed E-state index contributed by atoms with van der Waals surface area (Å²) in [5, 5.41) is 0. The first-order chi connectivity index (χ1) is 11.6. The highest BCUT2D eigenvalue weighted by Gasteiger charge is 2.30. The van der Waals surface area contributed by atoms with Crippen LogP contribution >= 0.6 is 0 Å². The third-order valence-electron chi connectivity index (χ3n) is 4.53. The Balaban J connectivity index is 1.62. The van der Waals surface area contributed by atoms with Gasteiger partial charge in [-0.2, -0.15) is 0 Å². The molecule has 0 radical (unpaired) electrons. The second kappa shape index (κ2) is 7.58. The normalized spacial score (nSPS) is 17.5. The Hall–Kier alpha value is -2.20. The Bertz CT molecular complexity index is 672. The van der Waals surface area contributed by atoms with Gasteiger partial charge in [0.05, 0.1) is 12.6 Å². The van der Waals surface area contributed by atoms with Gasteiger partial charge in [-0.15, -0.1) is 0 Å². The molecule has 1 unspecified atom stereocenters. The maximum Gasteiger partial charge on any atom is 0.237 e. The van der Waals surface area contributed by atoms with Gasteiger partial charge < -0.3 is 4.90 Å². The van der Waals surface area contributed by atoms with Crippen molar-refractivity contribution in [2.75, 3.05) is 20.1 Å². The van der Waals surface area contributed by atoms with Crippen LogP contribution in [0.2, 0.25) is 0 Å². The number of benzene rings is 2. The van der Waals surface area contributed by atoms with Gasteiger partial charge in [-0.25, -0.2) is 4.39 Å². The van der Waals surface area contributed by atoms with Crippen molar-refractivity contribution in [2.24, 2.45) is 0 Å². The summed E-state index contributed by atoms with van der Waals surface area (Å²) in [6.45, 7) is 1.92. The number of carbonyl (C=O) groups excluding carboxylic acids is 1. The van der Waals surface area contributed by atoms with E-state index < -0.39 is 0 Å². The van der Waals surface area contributed by atoms with E-state index in [9.17, 15) is 9.18 Å². The van der Waals surface area contributed by atoms with E-state index in [0.717, 1.165) is 31.5 Å². The average Bonchev–Trinajstić information content (AvgIpc) is 3.06. The molecule has 1 atom stereocenters. The SMILES string of the molecule is CN(CC(=O)N1CCCC1c1ccc(F)cc1)Cc1ccccc1. The molecule has 0 bridgehead atoms. The van der Waals surface area contributed by atoms with E-state index in [1.54, 1.807) is 12.1 Å². The lowest BCUT2D eigenvalue weighted by molar-refractivity contribution is -0.133. The Kier molecular flexibility index (Phi) is 5.26. The molecule has 0 aromatic heterocycles. The lowest BCUT2D eigenvalue weighted by Gasteiger charge is -2.27. The first kappa shape index (κ1) is 16.7. The van der Waals surface area contributed by atoms with Gasteiger partial charge in [0.2, 0.25) is 5.91 Å². The summed E-state index contributed by atoms with van der Waals surface area (Å²) in [7, 11) is 1.97. The van der Waals surface area contributed by atoms with Crippen LogP contribution < -0.4 is 0 Å². The molecule has 126 valence electrons. The fourth-order valence-corrected chi connectivity index (χ4v) is 3.37. The van der Waals surface area contributed by atoms with Crippen molar-refractivity contribution in [1.82, 2.24) is 9.80 Å². The van der Waals surface area contributed by atoms with Crippen molar-refractivity contribution in [2.45, 2.75) is 25.4 Å². The van der Waals surface area contributed by atoms with E-state index >= 15 is 0 Å². The molecule has 0 N–H and O–H groups in total. The van der Waals surface area contributed by atoms with Gasteiger partial charge in [0.15, 0.2) is 0 Å². The first-order valence-electron chi connectivity index (χ1n) is 8.41. The number of hydrogen-bond acceptors (Lipinski definition) is 2. The molecule has 0 aliphatic carbocycles. The van der Waals surface area contributed by atoms with Crippen LogP contribution in [0.5, 0.6) is 0 Å². The van der Waals surface area contributed by atoms with Crippen LogP contribution in [-0.4, -0.2) is 35.8 Å². The summed E-state index contributed by atoms with van der Waals surface area (Å²) in [6, 6.07) is 16.7. The minimum atomic E-state index is -0.239. The molecule has 4 heteroatoms. The maximum absolute atomic E-state index is 13.1. The monoisotopic (exact) mass is 326 g/mol. The van der Waals surface area contributed by atoms with Crippen LogP contribution in [0.3, 0.4) is 0 Å². The number of likely N-dealkylation sites (N-methyl/N-ethyl adjacent to an activating group) is 1. The zero-order valence-corrected chi connectivity index (χ0v) is 14.0. The van der Waals surface area contributed by atoms with Crippen LogP contribution in [0.4, 0.5) is 4.39 Å². The Morgan fingerprint density at radius 3 is 2.58 bits per heavy atom. The molecule has 1 heterocycles. The minimum absolute atomic E-state index is 0.0724. The summed E-state index contributed by atoms with van der Waals surface area (Å²) in [6.07, 6.45) is 1.94. The summed E-state index contributed by atoms with van der Waals surface area (Å²) in [5.41, 5.74) is 2.22. The van der Waals surface area contributed by atoms with E-state index in [-0.39, 0.29) is 17.8 Å². The highest BCUT2D eigenvalue weighted by atomic mass is 19.1. The van der Waals surface area contributed by atoms with Crippen molar-refractivity contribution < 1.29 is 9.18 Å². The second-order valence-electron chi connectivity index (χ2n) is 6.45. The molecule has 1 saturated heterocycles. The zero-order valence-electron chi connectivity index (χ0n) is 14.0. The van der Waals surface area contributed by atoms with Crippen molar-refractivity contribution in [3.8, 4) is 0 Å². The predicted octanol–water partition coefficient (Wildman–Crippen LogP) is 3.62. The molecule has 1 aliphatic rings. The van der Waals surface area contributed by atoms with Gasteiger partial charge >= 0.3 is 0 Å². The molecular weight excluding hydrogens is 303 g/mol. The fourth-order valence-electron chi connectivity index (χ4n) is 3.37. The van der Waals surface area contributed by atoms with Gasteiger partial charge in [0, 0.05) is 13.1 Å². The Morgan fingerprint density at radius 2 is 1.88 bits per heavy atom. The summed E-state index contributed by atoms with van der Waals surface area (Å²) in [4.78, 5) is 16.7. The molecule has 1 aliphatic heterocycles. The summed E-state index contributed by atoms with van der Waals surface area (Å²) < 4.78 is 13.1. The van der Waals surface area contributed by atoms with Gasteiger partial charge in [-0.05, 0) is 43.1 Å². The number of rotatable bonds is 5. The first-order valence-corrected chi connectivity index (χ1v) is 8.41. The predicted molar refractivity (Wildman–Crippen MR) is 92.9 cm³/mol. The van der Waals surface area contributed by atoms with Crippen molar-refractivity contribution in [3.05, 3.63) is 71.5 Å². The molecule has 3 nitrogen and oxygen atoms in total. The van der Waals surface area contributed by atoms with Crippen molar-refractivity contribution in [3.63, 3.8) is 0 Å². The minimum Gasteiger partial charge on any atom is -0.335 e. The lowest BCUT2D eigenvalue weighted by Crippen LogP contribution is -2.38. The molecule has 0 saturated carbocycles. The topological polar surface area (TPSA) is 23.6 Å². The average molecular weight is 326 g/mol. The van der Waals surface area contributed by atoms with Crippen molar-refractivity contribution >= 4 is 5.91 Å². The van der Waals surface area contributed by atoms with Gasteiger partial charge in [-0.1, -0.05) is 42.5 Å². The summed E-state index contributed by atoms with van der Waals surface area (Å²) >= 11 is 0. The Morgan fingerprint density at radius 1 is 1.17 bits per heavy atom. The summed E-state index contributed by atoms with van der Waals surface area (Å²) in [5.74, 6) is -0.0996. The van der Waals surface area contributed by atoms with Gasteiger partial charge in [0.25, 0.3) is 0 Å². The molecule has 3 rings (SSSR count). The Labute approximate surface area is 142 Å². The van der Waals surface area contributed by atoms with E-state index in [1.807, 2.05) is 35.0 Å². The van der Waals surface area contributed by atoms with E-state index in [1.165, 1.54) is 17.7 Å². The molecule has 24 heavy (non-hydrogen) atoms. The van der Waals surface area contributed by atoms with Crippen LogP contribution in [0.15, 0.2) is 54.6 Å². The van der Waals surface area contributed by atoms with Gasteiger partial charge in [0.1, 0.15) is 5.82 Å². The van der Waals surface area contributed by atoms with Crippen LogP contribution in [0.25, 0.3) is 0 Å². The lowest BCUT2D eigenvalue weighted by atomic mass is 10.0. The third-order valence-corrected chi connectivity index (χ3v) is 4.53. The van der Waals surface area contributed by atoms with Gasteiger partial charge in [-0.3, -0.25) is 9.69 Å². The number of halogens is 1. The second-order valence-corrected chi connectivity index (χ2v) is 6.45. The molecule has 1 fully saturated rings. The zero-order chi connectivity index (χ0) is 16.9. The number of carbonyl (C=O) groups is 1. The highest BCUT2D eigenvalue weighted by Crippen LogP contribution is 2.32. The quantitative estimate of drug-likeness (QED) is 0.838. The van der Waals surface area contributed by atoms with Crippen LogP contribution in [0.1, 0.15) is 30.0 Å². The molecule has 2 aromatic rings. The third kappa shape index (κ3) is 4.01. The molecule has 0 spiro atoms. The van der Waals surface area contributed by atoms with Crippen molar-refractivity contribution in [1.29, 1.82) is 0 Å². The van der Waals surface area contributed by atoms with E-state index in [4.69, 9.17) is 0 Å². The standard InChI is InChI=1S/C20H23FN2O/c1-22(14-16-6-3-2-4-7-16)15-20(24)23-13-5-8-19(23)17-9-11-18(21)12-10-17/h2-4,6-7,9-12,19H,5,8,13-15H2,1H3. The largest absolute Gasteiger partial charge is 0.335 e.